The van der Waals surface area contributed by atoms with Gasteiger partial charge in [0.05, 0.1) is 6.04 Å². The molecule has 0 aliphatic heterocycles. The fraction of sp³-hybridized carbons (Fsp3) is 0.188. The SMILES string of the molecule is Cc1ccc(C=N[C@H](C)c2ccccc2)cc1. The zero-order valence-electron chi connectivity index (χ0n) is 10.3. The maximum Gasteiger partial charge on any atom is 0.0721 e. The van der Waals surface area contributed by atoms with E-state index in [1.165, 1.54) is 11.1 Å². The Labute approximate surface area is 103 Å². The predicted octanol–water partition coefficient (Wildman–Crippen LogP) is 4.18. The molecule has 0 saturated carbocycles. The van der Waals surface area contributed by atoms with Crippen LogP contribution < -0.4 is 0 Å². The van der Waals surface area contributed by atoms with Crippen LogP contribution >= 0.6 is 0 Å². The number of aryl methyl sites for hydroxylation is 1. The van der Waals surface area contributed by atoms with Crippen LogP contribution in [0.4, 0.5) is 0 Å². The quantitative estimate of drug-likeness (QED) is 0.692. The zero-order valence-corrected chi connectivity index (χ0v) is 10.3. The van der Waals surface area contributed by atoms with Crippen molar-refractivity contribution < 1.29 is 0 Å². The maximum atomic E-state index is 4.57. The van der Waals surface area contributed by atoms with Crippen LogP contribution in [-0.4, -0.2) is 6.21 Å². The summed E-state index contributed by atoms with van der Waals surface area (Å²) in [5.41, 5.74) is 3.67. The van der Waals surface area contributed by atoms with E-state index in [2.05, 4.69) is 55.2 Å². The zero-order chi connectivity index (χ0) is 12.1. The summed E-state index contributed by atoms with van der Waals surface area (Å²) >= 11 is 0. The summed E-state index contributed by atoms with van der Waals surface area (Å²) < 4.78 is 0. The van der Waals surface area contributed by atoms with Gasteiger partial charge in [-0.1, -0.05) is 60.2 Å². The molecule has 86 valence electrons. The van der Waals surface area contributed by atoms with Gasteiger partial charge in [-0.2, -0.15) is 0 Å². The third-order valence-corrected chi connectivity index (χ3v) is 2.81. The van der Waals surface area contributed by atoms with E-state index in [0.717, 1.165) is 5.56 Å². The fourth-order valence-corrected chi connectivity index (χ4v) is 1.67. The fourth-order valence-electron chi connectivity index (χ4n) is 1.67. The largest absolute Gasteiger partial charge is 0.285 e. The first kappa shape index (κ1) is 11.6. The minimum atomic E-state index is 0.206. The molecule has 0 fully saturated rings. The lowest BCUT2D eigenvalue weighted by atomic mass is 10.1. The minimum absolute atomic E-state index is 0.206. The smallest absolute Gasteiger partial charge is 0.0721 e. The van der Waals surface area contributed by atoms with Gasteiger partial charge in [-0.3, -0.25) is 4.99 Å². The maximum absolute atomic E-state index is 4.57. The Morgan fingerprint density at radius 3 is 2.24 bits per heavy atom. The monoisotopic (exact) mass is 223 g/mol. The molecule has 0 amide bonds. The molecule has 17 heavy (non-hydrogen) atoms. The molecular formula is C16H17N. The van der Waals surface area contributed by atoms with Gasteiger partial charge >= 0.3 is 0 Å². The highest BCUT2D eigenvalue weighted by molar-refractivity contribution is 5.79. The second-order valence-corrected chi connectivity index (χ2v) is 4.28. The molecular weight excluding hydrogens is 206 g/mol. The molecule has 2 aromatic rings. The van der Waals surface area contributed by atoms with E-state index in [1.807, 2.05) is 24.4 Å². The highest BCUT2D eigenvalue weighted by atomic mass is 14.8. The van der Waals surface area contributed by atoms with E-state index in [1.54, 1.807) is 0 Å². The van der Waals surface area contributed by atoms with Gasteiger partial charge in [0.2, 0.25) is 0 Å². The summed E-state index contributed by atoms with van der Waals surface area (Å²) in [6.07, 6.45) is 1.94. The number of aliphatic imine (C=N–C) groups is 1. The van der Waals surface area contributed by atoms with Crippen LogP contribution in [-0.2, 0) is 0 Å². The van der Waals surface area contributed by atoms with Crippen molar-refractivity contribution in [1.29, 1.82) is 0 Å². The summed E-state index contributed by atoms with van der Waals surface area (Å²) in [5.74, 6) is 0. The van der Waals surface area contributed by atoms with Gasteiger partial charge in [-0.15, -0.1) is 0 Å². The minimum Gasteiger partial charge on any atom is -0.285 e. The molecule has 0 N–H and O–H groups in total. The molecule has 0 unspecified atom stereocenters. The molecule has 1 nitrogen and oxygen atoms in total. The van der Waals surface area contributed by atoms with Gasteiger partial charge in [0.15, 0.2) is 0 Å². The third kappa shape index (κ3) is 3.28. The van der Waals surface area contributed by atoms with Gasteiger partial charge in [-0.25, -0.2) is 0 Å². The van der Waals surface area contributed by atoms with E-state index in [9.17, 15) is 0 Å². The van der Waals surface area contributed by atoms with Crippen molar-refractivity contribution in [3.8, 4) is 0 Å². The number of hydrogen-bond donors (Lipinski definition) is 0. The van der Waals surface area contributed by atoms with E-state index >= 15 is 0 Å². The molecule has 0 aliphatic rings. The summed E-state index contributed by atoms with van der Waals surface area (Å²) in [6, 6.07) is 18.9. The number of hydrogen-bond acceptors (Lipinski definition) is 1. The average Bonchev–Trinajstić information content (AvgIpc) is 2.39. The Hall–Kier alpha value is -1.89. The molecule has 0 heterocycles. The molecule has 0 aliphatic carbocycles. The van der Waals surface area contributed by atoms with Crippen LogP contribution in [0.25, 0.3) is 0 Å². The highest BCUT2D eigenvalue weighted by Gasteiger charge is 2.00. The second kappa shape index (κ2) is 5.44. The van der Waals surface area contributed by atoms with Crippen molar-refractivity contribution in [2.75, 3.05) is 0 Å². The van der Waals surface area contributed by atoms with Gasteiger partial charge in [0.1, 0.15) is 0 Å². The topological polar surface area (TPSA) is 12.4 Å². The van der Waals surface area contributed by atoms with Gasteiger partial charge in [0.25, 0.3) is 0 Å². The van der Waals surface area contributed by atoms with Gasteiger partial charge in [0, 0.05) is 6.21 Å². The van der Waals surface area contributed by atoms with Gasteiger partial charge in [-0.05, 0) is 25.0 Å². The Bertz CT molecular complexity index is 483. The van der Waals surface area contributed by atoms with Crippen molar-refractivity contribution in [1.82, 2.24) is 0 Å². The first-order valence-corrected chi connectivity index (χ1v) is 5.90. The molecule has 0 spiro atoms. The molecule has 1 heteroatoms. The van der Waals surface area contributed by atoms with E-state index < -0.39 is 0 Å². The first-order chi connectivity index (χ1) is 8.25. The molecule has 0 radical (unpaired) electrons. The van der Waals surface area contributed by atoms with Crippen LogP contribution in [0, 0.1) is 6.92 Å². The second-order valence-electron chi connectivity index (χ2n) is 4.28. The van der Waals surface area contributed by atoms with E-state index in [0.29, 0.717) is 0 Å². The molecule has 2 rings (SSSR count). The van der Waals surface area contributed by atoms with Crippen molar-refractivity contribution in [2.24, 2.45) is 4.99 Å². The number of rotatable bonds is 3. The standard InChI is InChI=1S/C16H17N/c1-13-8-10-15(11-9-13)12-17-14(2)16-6-4-3-5-7-16/h3-12,14H,1-2H3/t14-/m1/s1. The molecule has 0 aromatic heterocycles. The van der Waals surface area contributed by atoms with Crippen LogP contribution in [0.1, 0.15) is 29.7 Å². The Balaban J connectivity index is 2.08. The van der Waals surface area contributed by atoms with E-state index in [4.69, 9.17) is 0 Å². The Kier molecular flexibility index (Phi) is 3.71. The van der Waals surface area contributed by atoms with Crippen LogP contribution in [0.2, 0.25) is 0 Å². The average molecular weight is 223 g/mol. The van der Waals surface area contributed by atoms with Crippen LogP contribution in [0.15, 0.2) is 59.6 Å². The van der Waals surface area contributed by atoms with Gasteiger partial charge < -0.3 is 0 Å². The Morgan fingerprint density at radius 1 is 0.941 bits per heavy atom. The lowest BCUT2D eigenvalue weighted by Crippen LogP contribution is -1.90. The summed E-state index contributed by atoms with van der Waals surface area (Å²) in [4.78, 5) is 4.57. The molecule has 2 aromatic carbocycles. The molecule has 0 bridgehead atoms. The van der Waals surface area contributed by atoms with E-state index in [-0.39, 0.29) is 6.04 Å². The molecule has 1 atom stereocenters. The van der Waals surface area contributed by atoms with Crippen molar-refractivity contribution >= 4 is 6.21 Å². The lowest BCUT2D eigenvalue weighted by Gasteiger charge is -2.05. The summed E-state index contributed by atoms with van der Waals surface area (Å²) in [6.45, 7) is 4.20. The number of nitrogens with zero attached hydrogens (tertiary/aromatic N) is 1. The first-order valence-electron chi connectivity index (χ1n) is 5.90. The lowest BCUT2D eigenvalue weighted by molar-refractivity contribution is 0.825. The summed E-state index contributed by atoms with van der Waals surface area (Å²) in [7, 11) is 0. The summed E-state index contributed by atoms with van der Waals surface area (Å²) in [5, 5.41) is 0. The highest BCUT2D eigenvalue weighted by Crippen LogP contribution is 2.15. The van der Waals surface area contributed by atoms with Crippen molar-refractivity contribution in [2.45, 2.75) is 19.9 Å². The van der Waals surface area contributed by atoms with Crippen molar-refractivity contribution in [3.05, 3.63) is 71.3 Å². The Morgan fingerprint density at radius 2 is 1.59 bits per heavy atom. The molecule has 0 saturated heterocycles. The van der Waals surface area contributed by atoms with Crippen LogP contribution in [0.3, 0.4) is 0 Å². The van der Waals surface area contributed by atoms with Crippen molar-refractivity contribution in [3.63, 3.8) is 0 Å². The normalized spacial score (nSPS) is 12.8. The van der Waals surface area contributed by atoms with Crippen LogP contribution in [0.5, 0.6) is 0 Å². The number of benzene rings is 2. The predicted molar refractivity (Wildman–Crippen MR) is 73.6 cm³/mol. The third-order valence-electron chi connectivity index (χ3n) is 2.81.